The molecule has 0 heterocycles. The monoisotopic (exact) mass is 218 g/mol. The normalized spacial score (nSPS) is 13.1. The Morgan fingerprint density at radius 3 is 2.33 bits per heavy atom. The van der Waals surface area contributed by atoms with Gasteiger partial charge in [-0.1, -0.05) is 19.8 Å². The molecule has 1 unspecified atom stereocenters. The summed E-state index contributed by atoms with van der Waals surface area (Å²) >= 11 is 0. The highest BCUT2D eigenvalue weighted by Gasteiger charge is 2.16. The molecule has 0 aromatic heterocycles. The minimum absolute atomic E-state index is 0.160. The summed E-state index contributed by atoms with van der Waals surface area (Å²) in [4.78, 5) is 10.8. The molecule has 0 spiro atoms. The third-order valence-electron chi connectivity index (χ3n) is 1.95. The first-order valence-electron chi connectivity index (χ1n) is 5.54. The number of hydrogen-bond acceptors (Lipinski definition) is 3. The lowest BCUT2D eigenvalue weighted by Gasteiger charge is -2.14. The fourth-order valence-corrected chi connectivity index (χ4v) is 1.14. The molecule has 0 bridgehead atoms. The Bertz CT molecular complexity index is 168. The maximum Gasteiger partial charge on any atom is 0.332 e. The van der Waals surface area contributed by atoms with E-state index in [1.807, 2.05) is 20.8 Å². The van der Waals surface area contributed by atoms with Crippen LogP contribution in [0.25, 0.3) is 0 Å². The van der Waals surface area contributed by atoms with Crippen LogP contribution < -0.4 is 0 Å². The summed E-state index contributed by atoms with van der Waals surface area (Å²) in [5, 5.41) is 8.84. The molecule has 0 radical (unpaired) electrons. The van der Waals surface area contributed by atoms with Crippen molar-refractivity contribution in [3.8, 4) is 0 Å². The van der Waals surface area contributed by atoms with Gasteiger partial charge in [0.2, 0.25) is 0 Å². The van der Waals surface area contributed by atoms with Crippen molar-refractivity contribution in [1.82, 2.24) is 0 Å². The van der Waals surface area contributed by atoms with Crippen LogP contribution in [0.15, 0.2) is 0 Å². The average molecular weight is 218 g/mol. The van der Waals surface area contributed by atoms with Gasteiger partial charge < -0.3 is 14.6 Å². The SMILES string of the molecule is CCCCC(OCCOC(C)C)C(=O)O. The third-order valence-corrected chi connectivity index (χ3v) is 1.95. The summed E-state index contributed by atoms with van der Waals surface area (Å²) in [6.45, 7) is 6.70. The Balaban J connectivity index is 3.62. The molecule has 1 atom stereocenters. The lowest BCUT2D eigenvalue weighted by molar-refractivity contribution is -0.152. The van der Waals surface area contributed by atoms with Crippen molar-refractivity contribution < 1.29 is 19.4 Å². The Morgan fingerprint density at radius 2 is 1.87 bits per heavy atom. The number of unbranched alkanes of at least 4 members (excludes halogenated alkanes) is 1. The Labute approximate surface area is 91.6 Å². The third kappa shape index (κ3) is 8.39. The van der Waals surface area contributed by atoms with Gasteiger partial charge >= 0.3 is 5.97 Å². The second kappa shape index (κ2) is 8.68. The smallest absolute Gasteiger partial charge is 0.332 e. The number of carbonyl (C=O) groups is 1. The molecule has 0 aromatic rings. The van der Waals surface area contributed by atoms with E-state index in [9.17, 15) is 4.79 Å². The summed E-state index contributed by atoms with van der Waals surface area (Å²) in [7, 11) is 0. The quantitative estimate of drug-likeness (QED) is 0.602. The number of ether oxygens (including phenoxy) is 2. The van der Waals surface area contributed by atoms with E-state index in [1.165, 1.54) is 0 Å². The number of carboxylic acid groups (broad SMARTS) is 1. The molecule has 0 saturated carbocycles. The summed E-state index contributed by atoms with van der Waals surface area (Å²) in [6.07, 6.45) is 1.92. The van der Waals surface area contributed by atoms with Crippen LogP contribution in [0.5, 0.6) is 0 Å². The second-order valence-corrected chi connectivity index (χ2v) is 3.76. The van der Waals surface area contributed by atoms with Gasteiger partial charge in [0.05, 0.1) is 19.3 Å². The van der Waals surface area contributed by atoms with Gasteiger partial charge in [0.15, 0.2) is 6.10 Å². The molecule has 0 fully saturated rings. The molecular weight excluding hydrogens is 196 g/mol. The zero-order valence-corrected chi connectivity index (χ0v) is 9.86. The molecular formula is C11H22O4. The molecule has 4 nitrogen and oxygen atoms in total. The Kier molecular flexibility index (Phi) is 8.33. The zero-order valence-electron chi connectivity index (χ0n) is 9.86. The number of carboxylic acids is 1. The highest BCUT2D eigenvalue weighted by atomic mass is 16.5. The summed E-state index contributed by atoms with van der Waals surface area (Å²) < 4.78 is 10.5. The molecule has 1 N–H and O–H groups in total. The number of aliphatic carboxylic acids is 1. The van der Waals surface area contributed by atoms with E-state index in [4.69, 9.17) is 14.6 Å². The summed E-state index contributed by atoms with van der Waals surface area (Å²) in [6, 6.07) is 0. The summed E-state index contributed by atoms with van der Waals surface area (Å²) in [5.41, 5.74) is 0. The maximum absolute atomic E-state index is 10.8. The summed E-state index contributed by atoms with van der Waals surface area (Å²) in [5.74, 6) is -0.881. The highest BCUT2D eigenvalue weighted by molar-refractivity contribution is 5.72. The van der Waals surface area contributed by atoms with Crippen LogP contribution in [0.2, 0.25) is 0 Å². The van der Waals surface area contributed by atoms with E-state index in [0.717, 1.165) is 12.8 Å². The minimum Gasteiger partial charge on any atom is -0.479 e. The fraction of sp³-hybridized carbons (Fsp3) is 0.909. The minimum atomic E-state index is -0.881. The molecule has 0 aliphatic carbocycles. The van der Waals surface area contributed by atoms with Gasteiger partial charge in [-0.2, -0.15) is 0 Å². The van der Waals surface area contributed by atoms with Gasteiger partial charge in [-0.15, -0.1) is 0 Å². The first-order valence-corrected chi connectivity index (χ1v) is 5.54. The molecule has 15 heavy (non-hydrogen) atoms. The predicted octanol–water partition coefficient (Wildman–Crippen LogP) is 2.07. The fourth-order valence-electron chi connectivity index (χ4n) is 1.14. The van der Waals surface area contributed by atoms with Crippen LogP contribution in [0, 0.1) is 0 Å². The topological polar surface area (TPSA) is 55.8 Å². The van der Waals surface area contributed by atoms with Gasteiger partial charge in [-0.05, 0) is 20.3 Å². The molecule has 0 amide bonds. The van der Waals surface area contributed by atoms with E-state index in [1.54, 1.807) is 0 Å². The van der Waals surface area contributed by atoms with Crippen molar-refractivity contribution in [2.24, 2.45) is 0 Å². The van der Waals surface area contributed by atoms with Crippen LogP contribution in [0.4, 0.5) is 0 Å². The highest BCUT2D eigenvalue weighted by Crippen LogP contribution is 2.05. The standard InChI is InChI=1S/C11H22O4/c1-4-5-6-10(11(12)13)15-8-7-14-9(2)3/h9-10H,4-8H2,1-3H3,(H,12,13). The second-order valence-electron chi connectivity index (χ2n) is 3.76. The number of hydrogen-bond donors (Lipinski definition) is 1. The van der Waals surface area contributed by atoms with E-state index in [0.29, 0.717) is 19.6 Å². The predicted molar refractivity (Wildman–Crippen MR) is 58.0 cm³/mol. The van der Waals surface area contributed by atoms with Gasteiger partial charge in [-0.3, -0.25) is 0 Å². The van der Waals surface area contributed by atoms with Crippen molar-refractivity contribution in [3.05, 3.63) is 0 Å². The van der Waals surface area contributed by atoms with Crippen molar-refractivity contribution in [1.29, 1.82) is 0 Å². The lowest BCUT2D eigenvalue weighted by Crippen LogP contribution is -2.26. The van der Waals surface area contributed by atoms with E-state index < -0.39 is 12.1 Å². The Morgan fingerprint density at radius 1 is 1.27 bits per heavy atom. The average Bonchev–Trinajstić information content (AvgIpc) is 2.15. The number of rotatable bonds is 9. The van der Waals surface area contributed by atoms with Crippen LogP contribution in [0.1, 0.15) is 40.0 Å². The molecule has 0 aliphatic rings. The molecule has 0 saturated heterocycles. The lowest BCUT2D eigenvalue weighted by atomic mass is 10.1. The first-order chi connectivity index (χ1) is 7.07. The zero-order chi connectivity index (χ0) is 11.7. The first kappa shape index (κ1) is 14.4. The largest absolute Gasteiger partial charge is 0.479 e. The van der Waals surface area contributed by atoms with Crippen LogP contribution >= 0.6 is 0 Å². The maximum atomic E-state index is 10.8. The van der Waals surface area contributed by atoms with Crippen molar-refractivity contribution in [3.63, 3.8) is 0 Å². The van der Waals surface area contributed by atoms with Crippen LogP contribution in [-0.2, 0) is 14.3 Å². The van der Waals surface area contributed by atoms with Crippen molar-refractivity contribution in [2.75, 3.05) is 13.2 Å². The van der Waals surface area contributed by atoms with Crippen molar-refractivity contribution in [2.45, 2.75) is 52.2 Å². The van der Waals surface area contributed by atoms with E-state index in [2.05, 4.69) is 0 Å². The molecule has 0 aliphatic heterocycles. The van der Waals surface area contributed by atoms with E-state index in [-0.39, 0.29) is 6.10 Å². The molecule has 90 valence electrons. The van der Waals surface area contributed by atoms with Gasteiger partial charge in [-0.25, -0.2) is 4.79 Å². The molecule has 0 aromatic carbocycles. The van der Waals surface area contributed by atoms with Gasteiger partial charge in [0, 0.05) is 0 Å². The van der Waals surface area contributed by atoms with Crippen LogP contribution in [-0.4, -0.2) is 36.5 Å². The van der Waals surface area contributed by atoms with E-state index >= 15 is 0 Å². The van der Waals surface area contributed by atoms with Gasteiger partial charge in [0.1, 0.15) is 0 Å². The molecule has 4 heteroatoms. The Hall–Kier alpha value is -0.610. The molecule has 0 rings (SSSR count). The van der Waals surface area contributed by atoms with Crippen molar-refractivity contribution >= 4 is 5.97 Å². The van der Waals surface area contributed by atoms with Gasteiger partial charge in [0.25, 0.3) is 0 Å². The van der Waals surface area contributed by atoms with Crippen LogP contribution in [0.3, 0.4) is 0 Å².